The fraction of sp³-hybridized carbons (Fsp3) is 0.607. The van der Waals surface area contributed by atoms with E-state index in [1.54, 1.807) is 30.3 Å². The van der Waals surface area contributed by atoms with Gasteiger partial charge in [-0.1, -0.05) is 12.1 Å². The van der Waals surface area contributed by atoms with Crippen LogP contribution in [0.4, 0.5) is 14.7 Å². The Morgan fingerprint density at radius 1 is 1.10 bits per heavy atom. The number of fused-ring (bicyclic) bond motifs is 1. The lowest BCUT2D eigenvalue weighted by Crippen LogP contribution is -2.43. The van der Waals surface area contributed by atoms with E-state index in [-0.39, 0.29) is 5.82 Å². The summed E-state index contributed by atoms with van der Waals surface area (Å²) in [7, 11) is 2.07. The van der Waals surface area contributed by atoms with Crippen molar-refractivity contribution in [2.75, 3.05) is 51.4 Å². The van der Waals surface area contributed by atoms with Crippen LogP contribution >= 0.6 is 0 Å². The molecular weight excluding hydrogens is 506 g/mol. The van der Waals surface area contributed by atoms with E-state index in [0.29, 0.717) is 80.1 Å². The van der Waals surface area contributed by atoms with E-state index >= 15 is 0 Å². The first kappa shape index (κ1) is 27.7. The molecule has 2 aromatic heterocycles. The number of aromatic nitrogens is 4. The Balaban J connectivity index is 1.36. The molecule has 1 aliphatic heterocycles. The van der Waals surface area contributed by atoms with Crippen LogP contribution < -0.4 is 9.64 Å². The van der Waals surface area contributed by atoms with Crippen molar-refractivity contribution in [2.24, 2.45) is 5.92 Å². The van der Waals surface area contributed by atoms with Crippen LogP contribution in [0.5, 0.6) is 5.88 Å². The smallest absolute Gasteiger partial charge is 0.296 e. The van der Waals surface area contributed by atoms with Gasteiger partial charge >= 0.3 is 0 Å². The summed E-state index contributed by atoms with van der Waals surface area (Å²) in [6.45, 7) is 7.11. The number of para-hydroxylation sites is 2. The molecule has 1 saturated heterocycles. The zero-order chi connectivity index (χ0) is 27.6. The largest absolute Gasteiger partial charge is 0.477 e. The lowest BCUT2D eigenvalue weighted by molar-refractivity contribution is 0.0206. The highest BCUT2D eigenvalue weighted by molar-refractivity contribution is 5.78. The Labute approximate surface area is 227 Å². The van der Waals surface area contributed by atoms with E-state index in [4.69, 9.17) is 9.47 Å². The van der Waals surface area contributed by atoms with Crippen LogP contribution in [-0.2, 0) is 4.74 Å². The zero-order valence-corrected chi connectivity index (χ0v) is 22.9. The third-order valence-corrected chi connectivity index (χ3v) is 7.53. The summed E-state index contributed by atoms with van der Waals surface area (Å²) in [5.74, 6) is 1.11. The molecule has 5 rings (SSSR count). The van der Waals surface area contributed by atoms with Gasteiger partial charge in [0.15, 0.2) is 5.82 Å². The summed E-state index contributed by atoms with van der Waals surface area (Å²) >= 11 is 0. The van der Waals surface area contributed by atoms with E-state index in [1.807, 2.05) is 18.7 Å². The van der Waals surface area contributed by atoms with Crippen molar-refractivity contribution < 1.29 is 23.4 Å². The summed E-state index contributed by atoms with van der Waals surface area (Å²) in [5, 5.41) is 10.2. The summed E-state index contributed by atoms with van der Waals surface area (Å²) in [6, 6.07) is 9.13. The van der Waals surface area contributed by atoms with Gasteiger partial charge in [-0.05, 0) is 64.6 Å². The molecule has 39 heavy (non-hydrogen) atoms. The van der Waals surface area contributed by atoms with E-state index in [9.17, 15) is 13.9 Å². The van der Waals surface area contributed by atoms with E-state index in [0.717, 1.165) is 25.7 Å². The zero-order valence-electron chi connectivity index (χ0n) is 22.9. The molecule has 0 radical (unpaired) electrons. The molecule has 3 aromatic rings. The number of likely N-dealkylation sites (N-methyl/N-ethyl adjacent to an activating group) is 1. The molecule has 0 atom stereocenters. The molecule has 0 unspecified atom stereocenters. The molecule has 1 aromatic carbocycles. The van der Waals surface area contributed by atoms with Gasteiger partial charge in [0.1, 0.15) is 5.82 Å². The molecule has 1 saturated carbocycles. The first-order valence-electron chi connectivity index (χ1n) is 13.7. The van der Waals surface area contributed by atoms with Gasteiger partial charge in [0.05, 0.1) is 36.5 Å². The average molecular weight is 545 g/mol. The van der Waals surface area contributed by atoms with Crippen molar-refractivity contribution >= 4 is 17.0 Å². The van der Waals surface area contributed by atoms with Crippen molar-refractivity contribution in [3.8, 4) is 11.7 Å². The van der Waals surface area contributed by atoms with Crippen LogP contribution in [0.15, 0.2) is 30.3 Å². The summed E-state index contributed by atoms with van der Waals surface area (Å²) in [4.78, 5) is 17.8. The number of anilines is 1. The van der Waals surface area contributed by atoms with Crippen molar-refractivity contribution in [3.63, 3.8) is 0 Å². The van der Waals surface area contributed by atoms with Gasteiger partial charge in [-0.2, -0.15) is 9.97 Å². The first-order valence-corrected chi connectivity index (χ1v) is 13.7. The number of aliphatic hydroxyl groups is 1. The normalized spacial score (nSPS) is 20.8. The SMILES string of the molecule is CN(CC(C)(C)O)[C@H]1CC[C@H](COc2cc(-n3c(C(F)F)nc4ccccc43)nc(N3CCOCC3)n2)CC1. The Kier molecular flexibility index (Phi) is 8.29. The number of benzene rings is 1. The maximum atomic E-state index is 14.1. The topological polar surface area (TPSA) is 88.8 Å². The number of morpholine rings is 1. The standard InChI is InChI=1S/C28H38F2N6O3/c1-28(2,37)18-34(3)20-10-8-19(9-11-20)17-39-24-16-23(32-27(33-24)35-12-14-38-15-13-35)36-22-7-5-4-6-21(22)31-26(36)25(29)30/h4-7,16,19-20,25,37H,8-15,17-18H2,1-3H3/t19-,20-. The third kappa shape index (κ3) is 6.64. The van der Waals surface area contributed by atoms with Gasteiger partial charge in [0, 0.05) is 31.7 Å². The fourth-order valence-electron chi connectivity index (χ4n) is 5.62. The number of alkyl halides is 2. The lowest BCUT2D eigenvalue weighted by Gasteiger charge is -2.37. The molecular formula is C28H38F2N6O3. The Bertz CT molecular complexity index is 1250. The molecule has 11 heteroatoms. The molecule has 3 heterocycles. The van der Waals surface area contributed by atoms with E-state index < -0.39 is 12.0 Å². The van der Waals surface area contributed by atoms with Gasteiger partial charge in [-0.25, -0.2) is 13.8 Å². The van der Waals surface area contributed by atoms with Gasteiger partial charge in [-0.3, -0.25) is 4.57 Å². The lowest BCUT2D eigenvalue weighted by atomic mass is 9.85. The summed E-state index contributed by atoms with van der Waals surface area (Å²) in [5.41, 5.74) is 0.314. The molecule has 1 aliphatic carbocycles. The second-order valence-electron chi connectivity index (χ2n) is 11.3. The number of hydrogen-bond donors (Lipinski definition) is 1. The highest BCUT2D eigenvalue weighted by atomic mass is 19.3. The molecule has 2 aliphatic rings. The number of rotatable bonds is 9. The van der Waals surface area contributed by atoms with E-state index in [1.165, 1.54) is 4.57 Å². The minimum Gasteiger partial charge on any atom is -0.477 e. The Hall–Kier alpha value is -2.89. The number of ether oxygens (including phenoxy) is 2. The predicted octanol–water partition coefficient (Wildman–Crippen LogP) is 4.23. The number of halogens is 2. The van der Waals surface area contributed by atoms with Gasteiger partial charge in [-0.15, -0.1) is 0 Å². The highest BCUT2D eigenvalue weighted by Gasteiger charge is 2.28. The molecule has 9 nitrogen and oxygen atoms in total. The van der Waals surface area contributed by atoms with E-state index in [2.05, 4.69) is 26.9 Å². The van der Waals surface area contributed by atoms with Crippen LogP contribution in [0.3, 0.4) is 0 Å². The van der Waals surface area contributed by atoms with Crippen LogP contribution in [0.2, 0.25) is 0 Å². The van der Waals surface area contributed by atoms with Gasteiger partial charge in [0.25, 0.3) is 6.43 Å². The van der Waals surface area contributed by atoms with Crippen LogP contribution in [0.25, 0.3) is 16.9 Å². The molecule has 0 spiro atoms. The first-order chi connectivity index (χ1) is 18.7. The Morgan fingerprint density at radius 3 is 2.51 bits per heavy atom. The minimum absolute atomic E-state index is 0.308. The van der Waals surface area contributed by atoms with Crippen LogP contribution in [-0.4, -0.2) is 87.7 Å². The number of hydrogen-bond acceptors (Lipinski definition) is 8. The molecule has 212 valence electrons. The monoisotopic (exact) mass is 544 g/mol. The second-order valence-corrected chi connectivity index (χ2v) is 11.3. The Morgan fingerprint density at radius 2 is 1.82 bits per heavy atom. The summed E-state index contributed by atoms with van der Waals surface area (Å²) in [6.07, 6.45) is 1.32. The maximum Gasteiger partial charge on any atom is 0.296 e. The second kappa shape index (κ2) is 11.7. The predicted molar refractivity (Wildman–Crippen MR) is 145 cm³/mol. The fourth-order valence-corrected chi connectivity index (χ4v) is 5.62. The highest BCUT2D eigenvalue weighted by Crippen LogP contribution is 2.31. The average Bonchev–Trinajstić information content (AvgIpc) is 3.32. The molecule has 2 fully saturated rings. The van der Waals surface area contributed by atoms with Crippen molar-refractivity contribution in [1.82, 2.24) is 24.4 Å². The van der Waals surface area contributed by atoms with Crippen LogP contribution in [0.1, 0.15) is 51.8 Å². The molecule has 0 bridgehead atoms. The van der Waals surface area contributed by atoms with Crippen molar-refractivity contribution in [3.05, 3.63) is 36.2 Å². The van der Waals surface area contributed by atoms with Crippen LogP contribution in [0, 0.1) is 5.92 Å². The quantitative estimate of drug-likeness (QED) is 0.428. The maximum absolute atomic E-state index is 14.1. The molecule has 1 N–H and O–H groups in total. The number of nitrogens with zero attached hydrogens (tertiary/aromatic N) is 6. The minimum atomic E-state index is -2.77. The van der Waals surface area contributed by atoms with Gasteiger partial charge in [0.2, 0.25) is 11.8 Å². The van der Waals surface area contributed by atoms with Crippen molar-refractivity contribution in [1.29, 1.82) is 0 Å². The van der Waals surface area contributed by atoms with Crippen molar-refractivity contribution in [2.45, 2.75) is 57.6 Å². The number of imidazole rings is 1. The third-order valence-electron chi connectivity index (χ3n) is 7.53. The molecule has 0 amide bonds. The summed E-state index contributed by atoms with van der Waals surface area (Å²) < 4.78 is 41.3. The van der Waals surface area contributed by atoms with Gasteiger partial charge < -0.3 is 24.4 Å².